The van der Waals surface area contributed by atoms with E-state index in [2.05, 4.69) is 5.32 Å². The molecule has 8 heteroatoms. The van der Waals surface area contributed by atoms with E-state index in [0.29, 0.717) is 22.8 Å². The maximum Gasteiger partial charge on any atom is 0.405 e. The van der Waals surface area contributed by atoms with Crippen LogP contribution in [-0.2, 0) is 0 Å². The van der Waals surface area contributed by atoms with Crippen LogP contribution in [0.5, 0.6) is 11.5 Å². The molecule has 0 heterocycles. The number of amides is 1. The molecule has 2 aromatic carbocycles. The van der Waals surface area contributed by atoms with Gasteiger partial charge in [-0.25, -0.2) is 4.79 Å². The Kier molecular flexibility index (Phi) is 6.28. The highest BCUT2D eigenvalue weighted by Gasteiger charge is 2.23. The van der Waals surface area contributed by atoms with Gasteiger partial charge in [0, 0.05) is 17.2 Å². The van der Waals surface area contributed by atoms with Crippen LogP contribution < -0.4 is 10.1 Å². The minimum atomic E-state index is -1.12. The number of hydrogen-bond acceptors (Lipinski definition) is 4. The molecular formula is C19H21ClN2O5. The quantitative estimate of drug-likeness (QED) is 0.478. The van der Waals surface area contributed by atoms with Crippen molar-refractivity contribution >= 4 is 23.4 Å². The van der Waals surface area contributed by atoms with Crippen molar-refractivity contribution in [2.24, 2.45) is 5.41 Å². The number of carbonyl (C=O) groups is 1. The third kappa shape index (κ3) is 6.14. The average molecular weight is 393 g/mol. The summed E-state index contributed by atoms with van der Waals surface area (Å²) in [5, 5.41) is 23.2. The Labute approximate surface area is 162 Å². The standard InChI is InChI=1S/C19H21ClN2O5/c1-19(2,3)11-15(21-18(23)24)12-5-4-6-14(9-12)27-17-10-13(20)7-8-16(17)22(25)26/h4-10,15,21H,11H2,1-3H3,(H,23,24)/t15-/m0/s1. The predicted molar refractivity (Wildman–Crippen MR) is 103 cm³/mol. The predicted octanol–water partition coefficient (Wildman–Crippen LogP) is 5.79. The average Bonchev–Trinajstić information content (AvgIpc) is 2.52. The first-order valence-electron chi connectivity index (χ1n) is 8.26. The van der Waals surface area contributed by atoms with E-state index < -0.39 is 17.1 Å². The summed E-state index contributed by atoms with van der Waals surface area (Å²) in [5.74, 6) is 0.368. The Morgan fingerprint density at radius 3 is 2.59 bits per heavy atom. The summed E-state index contributed by atoms with van der Waals surface area (Å²) < 4.78 is 5.68. The number of nitro groups is 1. The SMILES string of the molecule is CC(C)(C)C[C@H](NC(=O)O)c1cccc(Oc2cc(Cl)ccc2[N+](=O)[O-])c1. The van der Waals surface area contributed by atoms with Crippen molar-refractivity contribution in [3.8, 4) is 11.5 Å². The van der Waals surface area contributed by atoms with E-state index in [1.807, 2.05) is 20.8 Å². The van der Waals surface area contributed by atoms with Gasteiger partial charge >= 0.3 is 11.8 Å². The summed E-state index contributed by atoms with van der Waals surface area (Å²) in [4.78, 5) is 21.8. The van der Waals surface area contributed by atoms with Gasteiger partial charge in [0.05, 0.1) is 11.0 Å². The number of ether oxygens (including phenoxy) is 1. The van der Waals surface area contributed by atoms with Gasteiger partial charge in [-0.2, -0.15) is 0 Å². The van der Waals surface area contributed by atoms with Crippen LogP contribution in [0.25, 0.3) is 0 Å². The van der Waals surface area contributed by atoms with Gasteiger partial charge in [0.15, 0.2) is 0 Å². The summed E-state index contributed by atoms with van der Waals surface area (Å²) >= 11 is 5.92. The maximum atomic E-state index is 11.2. The molecule has 1 atom stereocenters. The molecule has 2 N–H and O–H groups in total. The van der Waals surface area contributed by atoms with Crippen molar-refractivity contribution < 1.29 is 19.6 Å². The minimum Gasteiger partial charge on any atom is -0.465 e. The lowest BCUT2D eigenvalue weighted by Gasteiger charge is -2.26. The van der Waals surface area contributed by atoms with E-state index in [1.54, 1.807) is 24.3 Å². The van der Waals surface area contributed by atoms with Gasteiger partial charge in [0.1, 0.15) is 5.75 Å². The molecule has 27 heavy (non-hydrogen) atoms. The molecule has 0 aliphatic heterocycles. The maximum absolute atomic E-state index is 11.2. The molecule has 0 radical (unpaired) electrons. The largest absolute Gasteiger partial charge is 0.465 e. The highest BCUT2D eigenvalue weighted by atomic mass is 35.5. The lowest BCUT2D eigenvalue weighted by Crippen LogP contribution is -2.29. The highest BCUT2D eigenvalue weighted by Crippen LogP contribution is 2.36. The molecule has 0 fully saturated rings. The molecular weight excluding hydrogens is 372 g/mol. The first-order valence-corrected chi connectivity index (χ1v) is 8.64. The van der Waals surface area contributed by atoms with E-state index in [-0.39, 0.29) is 16.9 Å². The van der Waals surface area contributed by atoms with Gasteiger partial charge in [-0.1, -0.05) is 44.5 Å². The summed E-state index contributed by atoms with van der Waals surface area (Å²) in [6, 6.07) is 10.4. The second-order valence-corrected chi connectivity index (χ2v) is 7.75. The Bertz CT molecular complexity index is 848. The molecule has 0 aliphatic carbocycles. The van der Waals surface area contributed by atoms with Crippen molar-refractivity contribution in [1.29, 1.82) is 0 Å². The normalized spacial score (nSPS) is 12.3. The second-order valence-electron chi connectivity index (χ2n) is 7.31. The minimum absolute atomic E-state index is 0.0169. The molecule has 0 spiro atoms. The Morgan fingerprint density at radius 2 is 2.00 bits per heavy atom. The van der Waals surface area contributed by atoms with Crippen LogP contribution in [-0.4, -0.2) is 16.1 Å². The van der Waals surface area contributed by atoms with Gasteiger partial charge < -0.3 is 15.2 Å². The fourth-order valence-electron chi connectivity index (χ4n) is 2.66. The van der Waals surface area contributed by atoms with Gasteiger partial charge in [-0.05, 0) is 35.6 Å². The fourth-order valence-corrected chi connectivity index (χ4v) is 2.82. The molecule has 0 bridgehead atoms. The van der Waals surface area contributed by atoms with Crippen molar-refractivity contribution in [3.63, 3.8) is 0 Å². The topological polar surface area (TPSA) is 102 Å². The third-order valence-electron chi connectivity index (χ3n) is 3.72. The van der Waals surface area contributed by atoms with Crippen LogP contribution in [0.1, 0.15) is 38.8 Å². The fraction of sp³-hybridized carbons (Fsp3) is 0.316. The summed E-state index contributed by atoms with van der Waals surface area (Å²) in [6.45, 7) is 6.04. The first-order chi connectivity index (χ1) is 12.5. The number of carboxylic acid groups (broad SMARTS) is 1. The molecule has 0 unspecified atom stereocenters. The molecule has 2 aromatic rings. The van der Waals surface area contributed by atoms with Gasteiger partial charge in [0.2, 0.25) is 5.75 Å². The number of rotatable bonds is 6. The molecule has 0 aromatic heterocycles. The van der Waals surface area contributed by atoms with Crippen molar-refractivity contribution in [1.82, 2.24) is 5.32 Å². The number of halogens is 1. The van der Waals surface area contributed by atoms with E-state index >= 15 is 0 Å². The lowest BCUT2D eigenvalue weighted by atomic mass is 9.85. The zero-order valence-electron chi connectivity index (χ0n) is 15.2. The molecule has 7 nitrogen and oxygen atoms in total. The Hall–Kier alpha value is -2.80. The van der Waals surface area contributed by atoms with Crippen molar-refractivity contribution in [2.45, 2.75) is 33.2 Å². The molecule has 0 saturated carbocycles. The zero-order chi connectivity index (χ0) is 20.2. The number of benzene rings is 2. The first kappa shape index (κ1) is 20.5. The summed E-state index contributed by atoms with van der Waals surface area (Å²) in [5.41, 5.74) is 0.379. The number of nitro benzene ring substituents is 1. The van der Waals surface area contributed by atoms with E-state index in [0.717, 1.165) is 0 Å². The summed E-state index contributed by atoms with van der Waals surface area (Å²) in [7, 11) is 0. The molecule has 144 valence electrons. The van der Waals surface area contributed by atoms with Crippen molar-refractivity contribution in [3.05, 3.63) is 63.2 Å². The Morgan fingerprint density at radius 1 is 1.30 bits per heavy atom. The summed E-state index contributed by atoms with van der Waals surface area (Å²) in [6.07, 6.45) is -0.555. The van der Waals surface area contributed by atoms with Crippen LogP contribution in [0.3, 0.4) is 0 Å². The number of nitrogens with one attached hydrogen (secondary N) is 1. The van der Waals surface area contributed by atoms with Crippen LogP contribution in [0.15, 0.2) is 42.5 Å². The van der Waals surface area contributed by atoms with Crippen LogP contribution in [0.2, 0.25) is 5.02 Å². The number of nitrogens with zero attached hydrogens (tertiary/aromatic N) is 1. The van der Waals surface area contributed by atoms with Crippen molar-refractivity contribution in [2.75, 3.05) is 0 Å². The zero-order valence-corrected chi connectivity index (χ0v) is 16.0. The van der Waals surface area contributed by atoms with Crippen LogP contribution in [0, 0.1) is 15.5 Å². The second kappa shape index (κ2) is 8.26. The third-order valence-corrected chi connectivity index (χ3v) is 3.96. The molecule has 1 amide bonds. The van der Waals surface area contributed by atoms with Crippen LogP contribution >= 0.6 is 11.6 Å². The molecule has 0 saturated heterocycles. The van der Waals surface area contributed by atoms with Gasteiger partial charge in [-0.3, -0.25) is 10.1 Å². The lowest BCUT2D eigenvalue weighted by molar-refractivity contribution is -0.385. The monoisotopic (exact) mass is 392 g/mol. The van der Waals surface area contributed by atoms with E-state index in [9.17, 15) is 14.9 Å². The van der Waals surface area contributed by atoms with Crippen LogP contribution in [0.4, 0.5) is 10.5 Å². The van der Waals surface area contributed by atoms with Gasteiger partial charge in [-0.15, -0.1) is 0 Å². The highest BCUT2D eigenvalue weighted by molar-refractivity contribution is 6.30. The van der Waals surface area contributed by atoms with E-state index in [4.69, 9.17) is 21.4 Å². The molecule has 2 rings (SSSR count). The van der Waals surface area contributed by atoms with E-state index in [1.165, 1.54) is 18.2 Å². The number of hydrogen-bond donors (Lipinski definition) is 2. The Balaban J connectivity index is 2.35. The van der Waals surface area contributed by atoms with Gasteiger partial charge in [0.25, 0.3) is 0 Å². The smallest absolute Gasteiger partial charge is 0.405 e. The molecule has 0 aliphatic rings.